The van der Waals surface area contributed by atoms with Gasteiger partial charge in [-0.1, -0.05) is 6.07 Å². The molecular formula is C20H22FN3O. The van der Waals surface area contributed by atoms with E-state index >= 15 is 0 Å². The summed E-state index contributed by atoms with van der Waals surface area (Å²) in [5, 5.41) is 3.56. The number of rotatable bonds is 4. The average Bonchev–Trinajstić information content (AvgIpc) is 3.33. The third-order valence-corrected chi connectivity index (χ3v) is 5.25. The van der Waals surface area contributed by atoms with Crippen molar-refractivity contribution in [1.29, 1.82) is 0 Å². The zero-order valence-electron chi connectivity index (χ0n) is 14.1. The standard InChI is InChI=1S/C20H22FN3O/c21-15-9-7-14(8-10-15)20(25)19-16(4-1-12-23-19)17-5-3-13-24(17)18-6-2-11-22-18/h1,4,7-10,12,17-18,22H,2-3,5-6,11,13H2. The fourth-order valence-corrected chi connectivity index (χ4v) is 4.06. The van der Waals surface area contributed by atoms with Crippen LogP contribution in [0.5, 0.6) is 0 Å². The van der Waals surface area contributed by atoms with Crippen LogP contribution >= 0.6 is 0 Å². The molecule has 2 unspecified atom stereocenters. The molecule has 4 nitrogen and oxygen atoms in total. The molecule has 0 bridgehead atoms. The molecule has 130 valence electrons. The highest BCUT2D eigenvalue weighted by Crippen LogP contribution is 2.36. The molecule has 0 saturated carbocycles. The predicted octanol–water partition coefficient (Wildman–Crippen LogP) is 3.30. The molecule has 2 aliphatic heterocycles. The number of nitrogens with zero attached hydrogens (tertiary/aromatic N) is 2. The Morgan fingerprint density at radius 1 is 1.16 bits per heavy atom. The number of halogens is 1. The maximum Gasteiger partial charge on any atom is 0.211 e. The molecule has 5 heteroatoms. The molecule has 3 heterocycles. The highest BCUT2D eigenvalue weighted by molar-refractivity contribution is 6.08. The van der Waals surface area contributed by atoms with Crippen LogP contribution in [-0.4, -0.2) is 34.9 Å². The number of likely N-dealkylation sites (tertiary alicyclic amines) is 1. The van der Waals surface area contributed by atoms with E-state index < -0.39 is 0 Å². The number of hydrogen-bond acceptors (Lipinski definition) is 4. The number of nitrogens with one attached hydrogen (secondary N) is 1. The van der Waals surface area contributed by atoms with Crippen molar-refractivity contribution in [2.24, 2.45) is 0 Å². The van der Waals surface area contributed by atoms with Crippen molar-refractivity contribution in [2.75, 3.05) is 13.1 Å². The first-order chi connectivity index (χ1) is 12.2. The van der Waals surface area contributed by atoms with Gasteiger partial charge in [-0.2, -0.15) is 0 Å². The van der Waals surface area contributed by atoms with Crippen molar-refractivity contribution in [3.8, 4) is 0 Å². The summed E-state index contributed by atoms with van der Waals surface area (Å²) in [4.78, 5) is 19.8. The van der Waals surface area contributed by atoms with Gasteiger partial charge in [-0.05, 0) is 68.1 Å². The van der Waals surface area contributed by atoms with E-state index in [4.69, 9.17) is 0 Å². The van der Waals surface area contributed by atoms with E-state index in [1.807, 2.05) is 12.1 Å². The zero-order chi connectivity index (χ0) is 17.2. The molecule has 2 aromatic rings. The summed E-state index contributed by atoms with van der Waals surface area (Å²) in [5.74, 6) is -0.478. The summed E-state index contributed by atoms with van der Waals surface area (Å²) in [6.07, 6.45) is 6.56. The van der Waals surface area contributed by atoms with Crippen LogP contribution in [0.3, 0.4) is 0 Å². The molecule has 0 amide bonds. The summed E-state index contributed by atoms with van der Waals surface area (Å²) < 4.78 is 13.2. The maximum atomic E-state index is 13.2. The van der Waals surface area contributed by atoms with Crippen LogP contribution < -0.4 is 5.32 Å². The molecule has 2 fully saturated rings. The average molecular weight is 339 g/mol. The Balaban J connectivity index is 1.66. The van der Waals surface area contributed by atoms with Gasteiger partial charge >= 0.3 is 0 Å². The predicted molar refractivity (Wildman–Crippen MR) is 93.8 cm³/mol. The minimum Gasteiger partial charge on any atom is -0.302 e. The van der Waals surface area contributed by atoms with Crippen molar-refractivity contribution in [3.63, 3.8) is 0 Å². The second-order valence-electron chi connectivity index (χ2n) is 6.79. The van der Waals surface area contributed by atoms with E-state index in [0.717, 1.165) is 37.9 Å². The first-order valence-electron chi connectivity index (χ1n) is 8.98. The number of benzene rings is 1. The molecule has 0 radical (unpaired) electrons. The van der Waals surface area contributed by atoms with Gasteiger partial charge in [0.15, 0.2) is 0 Å². The summed E-state index contributed by atoms with van der Waals surface area (Å²) in [7, 11) is 0. The second kappa shape index (κ2) is 7.02. The summed E-state index contributed by atoms with van der Waals surface area (Å²) in [6, 6.07) is 9.82. The highest BCUT2D eigenvalue weighted by atomic mass is 19.1. The van der Waals surface area contributed by atoms with Gasteiger partial charge in [0.2, 0.25) is 5.78 Å². The van der Waals surface area contributed by atoms with Gasteiger partial charge in [-0.3, -0.25) is 14.7 Å². The van der Waals surface area contributed by atoms with Gasteiger partial charge in [0, 0.05) is 24.3 Å². The van der Waals surface area contributed by atoms with Crippen molar-refractivity contribution < 1.29 is 9.18 Å². The Morgan fingerprint density at radius 3 is 2.76 bits per heavy atom. The van der Waals surface area contributed by atoms with E-state index in [9.17, 15) is 9.18 Å². The largest absolute Gasteiger partial charge is 0.302 e. The molecule has 2 saturated heterocycles. The number of aromatic nitrogens is 1. The van der Waals surface area contributed by atoms with Gasteiger partial charge in [-0.15, -0.1) is 0 Å². The van der Waals surface area contributed by atoms with Crippen LogP contribution in [0.4, 0.5) is 4.39 Å². The minimum atomic E-state index is -0.341. The Morgan fingerprint density at radius 2 is 2.00 bits per heavy atom. The number of pyridine rings is 1. The third-order valence-electron chi connectivity index (χ3n) is 5.25. The lowest BCUT2D eigenvalue weighted by Crippen LogP contribution is -2.41. The van der Waals surface area contributed by atoms with E-state index in [1.165, 1.54) is 30.7 Å². The lowest BCUT2D eigenvalue weighted by Gasteiger charge is -2.31. The summed E-state index contributed by atoms with van der Waals surface area (Å²) in [6.45, 7) is 2.10. The molecule has 2 atom stereocenters. The van der Waals surface area contributed by atoms with Crippen LogP contribution in [0.15, 0.2) is 42.6 Å². The summed E-state index contributed by atoms with van der Waals surface area (Å²) >= 11 is 0. The van der Waals surface area contributed by atoms with Gasteiger partial charge in [0.1, 0.15) is 11.5 Å². The summed E-state index contributed by atoms with van der Waals surface area (Å²) in [5.41, 5.74) is 1.96. The van der Waals surface area contributed by atoms with Crippen molar-refractivity contribution >= 4 is 5.78 Å². The van der Waals surface area contributed by atoms with E-state index in [-0.39, 0.29) is 17.6 Å². The van der Waals surface area contributed by atoms with Crippen molar-refractivity contribution in [1.82, 2.24) is 15.2 Å². The maximum absolute atomic E-state index is 13.2. The van der Waals surface area contributed by atoms with Crippen molar-refractivity contribution in [3.05, 3.63) is 65.2 Å². The number of hydrogen-bond donors (Lipinski definition) is 1. The number of carbonyl (C=O) groups is 1. The lowest BCUT2D eigenvalue weighted by molar-refractivity contribution is 0.102. The molecule has 1 aromatic heterocycles. The van der Waals surface area contributed by atoms with Gasteiger partial charge < -0.3 is 5.32 Å². The zero-order valence-corrected chi connectivity index (χ0v) is 14.1. The van der Waals surface area contributed by atoms with Crippen LogP contribution in [0.2, 0.25) is 0 Å². The smallest absolute Gasteiger partial charge is 0.211 e. The normalized spacial score (nSPS) is 23.9. The fourth-order valence-electron chi connectivity index (χ4n) is 4.06. The Labute approximate surface area is 147 Å². The van der Waals surface area contributed by atoms with E-state index in [2.05, 4.69) is 15.2 Å². The molecule has 0 spiro atoms. The SMILES string of the molecule is O=C(c1ccc(F)cc1)c1ncccc1C1CCCN1C1CCCN1. The topological polar surface area (TPSA) is 45.2 Å². The molecule has 1 N–H and O–H groups in total. The minimum absolute atomic E-state index is 0.137. The Kier molecular flexibility index (Phi) is 4.59. The number of ketones is 1. The third kappa shape index (κ3) is 3.22. The van der Waals surface area contributed by atoms with Crippen LogP contribution in [0.1, 0.15) is 53.3 Å². The first kappa shape index (κ1) is 16.4. The lowest BCUT2D eigenvalue weighted by atomic mass is 9.97. The van der Waals surface area contributed by atoms with E-state index in [0.29, 0.717) is 17.4 Å². The Bertz CT molecular complexity index is 756. The molecular weight excluding hydrogens is 317 g/mol. The molecule has 0 aliphatic carbocycles. The number of carbonyl (C=O) groups excluding carboxylic acids is 1. The monoisotopic (exact) mass is 339 g/mol. The van der Waals surface area contributed by atoms with Crippen LogP contribution in [0, 0.1) is 5.82 Å². The highest BCUT2D eigenvalue weighted by Gasteiger charge is 2.35. The second-order valence-corrected chi connectivity index (χ2v) is 6.79. The Hall–Kier alpha value is -2.11. The first-order valence-corrected chi connectivity index (χ1v) is 8.98. The van der Waals surface area contributed by atoms with Gasteiger partial charge in [0.25, 0.3) is 0 Å². The van der Waals surface area contributed by atoms with Gasteiger partial charge in [0.05, 0.1) is 6.17 Å². The molecule has 1 aromatic carbocycles. The van der Waals surface area contributed by atoms with E-state index in [1.54, 1.807) is 6.20 Å². The molecule has 2 aliphatic rings. The fraction of sp³-hybridized carbons (Fsp3) is 0.400. The molecule has 4 rings (SSSR count). The van der Waals surface area contributed by atoms with Gasteiger partial charge in [-0.25, -0.2) is 4.39 Å². The van der Waals surface area contributed by atoms with Crippen molar-refractivity contribution in [2.45, 2.75) is 37.9 Å². The van der Waals surface area contributed by atoms with Crippen LogP contribution in [0.25, 0.3) is 0 Å². The molecule has 25 heavy (non-hydrogen) atoms. The van der Waals surface area contributed by atoms with Crippen LogP contribution in [-0.2, 0) is 0 Å². The quantitative estimate of drug-likeness (QED) is 0.868.